The molecule has 0 saturated heterocycles. The molecule has 1 aromatic carbocycles. The van der Waals surface area contributed by atoms with Gasteiger partial charge in [0, 0.05) is 30.2 Å². The molecule has 1 aromatic heterocycles. The van der Waals surface area contributed by atoms with Crippen molar-refractivity contribution in [2.75, 3.05) is 18.0 Å². The molecule has 0 aliphatic carbocycles. The third-order valence-corrected chi connectivity index (χ3v) is 3.03. The van der Waals surface area contributed by atoms with Crippen LogP contribution < -0.4 is 4.90 Å². The smallest absolute Gasteiger partial charge is 0.135 e. The molecule has 1 aliphatic heterocycles. The Morgan fingerprint density at radius 3 is 3.21 bits per heavy atom. The molecule has 1 aliphatic rings. The number of benzene rings is 1. The van der Waals surface area contributed by atoms with Crippen LogP contribution in [0.4, 0.5) is 5.69 Å². The molecule has 0 amide bonds. The molecular weight excluding hydrogens is 174 g/mol. The van der Waals surface area contributed by atoms with Crippen molar-refractivity contribution in [3.05, 3.63) is 30.0 Å². The molecule has 0 unspecified atom stereocenters. The summed E-state index contributed by atoms with van der Waals surface area (Å²) in [5.41, 5.74) is 3.82. The van der Waals surface area contributed by atoms with Crippen molar-refractivity contribution in [3.8, 4) is 0 Å². The van der Waals surface area contributed by atoms with Gasteiger partial charge in [0.05, 0.1) is 6.26 Å². The first-order chi connectivity index (χ1) is 6.88. The van der Waals surface area contributed by atoms with E-state index in [1.165, 1.54) is 23.1 Å². The highest BCUT2D eigenvalue weighted by molar-refractivity contribution is 5.84. The molecule has 0 fully saturated rings. The zero-order valence-electron chi connectivity index (χ0n) is 8.29. The van der Waals surface area contributed by atoms with Crippen LogP contribution in [0.15, 0.2) is 28.9 Å². The van der Waals surface area contributed by atoms with Gasteiger partial charge in [0.2, 0.25) is 0 Å². The second kappa shape index (κ2) is 2.77. The van der Waals surface area contributed by atoms with E-state index >= 15 is 0 Å². The van der Waals surface area contributed by atoms with Crippen LogP contribution in [0.5, 0.6) is 0 Å². The van der Waals surface area contributed by atoms with Crippen molar-refractivity contribution in [1.29, 1.82) is 0 Å². The minimum Gasteiger partial charge on any atom is -0.464 e. The lowest BCUT2D eigenvalue weighted by Gasteiger charge is -2.15. The summed E-state index contributed by atoms with van der Waals surface area (Å²) in [6.07, 6.45) is 2.93. The quantitative estimate of drug-likeness (QED) is 0.682. The highest BCUT2D eigenvalue weighted by Crippen LogP contribution is 2.32. The molecule has 2 heterocycles. The van der Waals surface area contributed by atoms with Crippen LogP contribution in [0.25, 0.3) is 11.0 Å². The average Bonchev–Trinajstić information content (AvgIpc) is 2.78. The van der Waals surface area contributed by atoms with Gasteiger partial charge >= 0.3 is 0 Å². The summed E-state index contributed by atoms with van der Waals surface area (Å²) in [5.74, 6) is 0. The van der Waals surface area contributed by atoms with Gasteiger partial charge in [-0.25, -0.2) is 0 Å². The van der Waals surface area contributed by atoms with E-state index in [4.69, 9.17) is 4.42 Å². The van der Waals surface area contributed by atoms with Crippen molar-refractivity contribution in [3.63, 3.8) is 0 Å². The topological polar surface area (TPSA) is 16.4 Å². The Kier molecular flexibility index (Phi) is 1.57. The normalized spacial score (nSPS) is 15.1. The molecule has 0 spiro atoms. The molecular formula is C12H13NO. The van der Waals surface area contributed by atoms with Gasteiger partial charge in [-0.15, -0.1) is 0 Å². The van der Waals surface area contributed by atoms with Crippen molar-refractivity contribution in [1.82, 2.24) is 0 Å². The fourth-order valence-corrected chi connectivity index (χ4v) is 2.24. The van der Waals surface area contributed by atoms with E-state index in [0.717, 1.165) is 18.7 Å². The fourth-order valence-electron chi connectivity index (χ4n) is 2.24. The maximum atomic E-state index is 5.41. The molecule has 3 rings (SSSR count). The standard InChI is InChI=1S/C12H13NO/c1-2-13-5-3-9-7-10-4-6-14-12(10)8-11(9)13/h4,6-8H,2-3,5H2,1H3. The maximum Gasteiger partial charge on any atom is 0.135 e. The molecule has 0 atom stereocenters. The van der Waals surface area contributed by atoms with Crippen LogP contribution in [0, 0.1) is 0 Å². The summed E-state index contributed by atoms with van der Waals surface area (Å²) < 4.78 is 5.41. The van der Waals surface area contributed by atoms with E-state index < -0.39 is 0 Å². The van der Waals surface area contributed by atoms with Crippen LogP contribution >= 0.6 is 0 Å². The largest absolute Gasteiger partial charge is 0.464 e. The summed E-state index contributed by atoms with van der Waals surface area (Å²) in [6.45, 7) is 4.43. The third kappa shape index (κ3) is 0.969. The van der Waals surface area contributed by atoms with Gasteiger partial charge in [0.1, 0.15) is 5.58 Å². The van der Waals surface area contributed by atoms with Crippen LogP contribution in [0.1, 0.15) is 12.5 Å². The van der Waals surface area contributed by atoms with Crippen molar-refractivity contribution in [2.24, 2.45) is 0 Å². The van der Waals surface area contributed by atoms with Crippen LogP contribution in [0.2, 0.25) is 0 Å². The molecule has 0 saturated carbocycles. The molecule has 0 N–H and O–H groups in total. The van der Waals surface area contributed by atoms with Gasteiger partial charge in [-0.1, -0.05) is 0 Å². The van der Waals surface area contributed by atoms with Gasteiger partial charge in [0.25, 0.3) is 0 Å². The number of anilines is 1. The van der Waals surface area contributed by atoms with Crippen molar-refractivity contribution < 1.29 is 4.42 Å². The van der Waals surface area contributed by atoms with Crippen molar-refractivity contribution >= 4 is 16.7 Å². The molecule has 72 valence electrons. The van der Waals surface area contributed by atoms with E-state index in [9.17, 15) is 0 Å². The van der Waals surface area contributed by atoms with E-state index in [0.29, 0.717) is 0 Å². The Morgan fingerprint density at radius 1 is 1.43 bits per heavy atom. The van der Waals surface area contributed by atoms with Gasteiger partial charge in [-0.2, -0.15) is 0 Å². The number of furan rings is 1. The monoisotopic (exact) mass is 187 g/mol. The summed E-state index contributed by atoms with van der Waals surface area (Å²) in [7, 11) is 0. The fraction of sp³-hybridized carbons (Fsp3) is 0.333. The molecule has 0 bridgehead atoms. The van der Waals surface area contributed by atoms with Crippen LogP contribution in [-0.4, -0.2) is 13.1 Å². The zero-order valence-corrected chi connectivity index (χ0v) is 8.29. The Morgan fingerprint density at radius 2 is 2.36 bits per heavy atom. The lowest BCUT2D eigenvalue weighted by molar-refractivity contribution is 0.616. The Bertz CT molecular complexity index is 472. The first-order valence-corrected chi connectivity index (χ1v) is 5.13. The van der Waals surface area contributed by atoms with Gasteiger partial charge in [0.15, 0.2) is 0 Å². The van der Waals surface area contributed by atoms with Crippen molar-refractivity contribution in [2.45, 2.75) is 13.3 Å². The van der Waals surface area contributed by atoms with Gasteiger partial charge in [-0.3, -0.25) is 0 Å². The molecule has 2 nitrogen and oxygen atoms in total. The Balaban J connectivity index is 2.23. The molecule has 2 heteroatoms. The Labute approximate surface area is 83.1 Å². The summed E-state index contributed by atoms with van der Waals surface area (Å²) >= 11 is 0. The number of likely N-dealkylation sites (N-methyl/N-ethyl adjacent to an activating group) is 1. The first-order valence-electron chi connectivity index (χ1n) is 5.13. The van der Waals surface area contributed by atoms with Crippen LogP contribution in [0.3, 0.4) is 0 Å². The molecule has 2 aromatic rings. The van der Waals surface area contributed by atoms with E-state index in [1.807, 2.05) is 6.07 Å². The Hall–Kier alpha value is -1.44. The summed E-state index contributed by atoms with van der Waals surface area (Å²) in [6, 6.07) is 6.45. The predicted molar refractivity (Wildman–Crippen MR) is 57.8 cm³/mol. The third-order valence-electron chi connectivity index (χ3n) is 3.03. The maximum absolute atomic E-state index is 5.41. The molecule has 0 radical (unpaired) electrons. The lowest BCUT2D eigenvalue weighted by Crippen LogP contribution is -2.18. The first kappa shape index (κ1) is 7.92. The second-order valence-electron chi connectivity index (χ2n) is 3.77. The predicted octanol–water partition coefficient (Wildman–Crippen LogP) is 2.82. The summed E-state index contributed by atoms with van der Waals surface area (Å²) in [5, 5.41) is 1.22. The number of fused-ring (bicyclic) bond motifs is 2. The average molecular weight is 187 g/mol. The van der Waals surface area contributed by atoms with Crippen LogP contribution in [-0.2, 0) is 6.42 Å². The number of nitrogens with zero attached hydrogens (tertiary/aromatic N) is 1. The highest BCUT2D eigenvalue weighted by atomic mass is 16.3. The van der Waals surface area contributed by atoms with E-state index in [1.54, 1.807) is 6.26 Å². The SMILES string of the molecule is CCN1CCc2cc3ccoc3cc21. The summed E-state index contributed by atoms with van der Waals surface area (Å²) in [4.78, 5) is 2.40. The second-order valence-corrected chi connectivity index (χ2v) is 3.77. The number of hydrogen-bond acceptors (Lipinski definition) is 2. The molecule has 14 heavy (non-hydrogen) atoms. The van der Waals surface area contributed by atoms with Gasteiger partial charge < -0.3 is 9.32 Å². The minimum atomic E-state index is 1.00. The van der Waals surface area contributed by atoms with Gasteiger partial charge in [-0.05, 0) is 31.0 Å². The minimum absolute atomic E-state index is 1.00. The zero-order chi connectivity index (χ0) is 9.54. The van der Waals surface area contributed by atoms with E-state index in [2.05, 4.69) is 24.0 Å². The lowest BCUT2D eigenvalue weighted by atomic mass is 10.1. The number of hydrogen-bond donors (Lipinski definition) is 0. The highest BCUT2D eigenvalue weighted by Gasteiger charge is 2.18. The van der Waals surface area contributed by atoms with E-state index in [-0.39, 0.29) is 0 Å². The number of rotatable bonds is 1.